The molecule has 2 amide bonds. The Bertz CT molecular complexity index is 1090. The van der Waals surface area contributed by atoms with Crippen LogP contribution in [-0.2, 0) is 20.9 Å². The van der Waals surface area contributed by atoms with E-state index in [1.54, 1.807) is 0 Å². The second kappa shape index (κ2) is 9.29. The Morgan fingerprint density at radius 3 is 2.31 bits per heavy atom. The van der Waals surface area contributed by atoms with Crippen LogP contribution in [0.1, 0.15) is 29.2 Å². The van der Waals surface area contributed by atoms with E-state index < -0.39 is 30.4 Å². The number of carbonyl (C=O) groups excluding carboxylic acids is 2. The number of ether oxygens (including phenoxy) is 1. The van der Waals surface area contributed by atoms with Gasteiger partial charge < -0.3 is 20.5 Å². The number of aliphatic carboxylic acids is 1. The van der Waals surface area contributed by atoms with Gasteiger partial charge in [0.15, 0.2) is 0 Å². The molecule has 0 saturated carbocycles. The van der Waals surface area contributed by atoms with Gasteiger partial charge in [-0.3, -0.25) is 9.59 Å². The van der Waals surface area contributed by atoms with E-state index in [0.29, 0.717) is 5.69 Å². The first-order valence-corrected chi connectivity index (χ1v) is 9.98. The van der Waals surface area contributed by atoms with Crippen LogP contribution < -0.4 is 10.6 Å². The third-order valence-corrected chi connectivity index (χ3v) is 5.24. The number of carbonyl (C=O) groups is 3. The van der Waals surface area contributed by atoms with Gasteiger partial charge in [0.25, 0.3) is 0 Å². The lowest BCUT2D eigenvalue weighted by atomic mass is 9.98. The van der Waals surface area contributed by atoms with Crippen molar-refractivity contribution in [1.82, 2.24) is 26.0 Å². The van der Waals surface area contributed by atoms with E-state index in [9.17, 15) is 14.4 Å². The van der Waals surface area contributed by atoms with Gasteiger partial charge >= 0.3 is 12.1 Å². The number of hydrogen-bond donors (Lipinski definition) is 4. The zero-order chi connectivity index (χ0) is 22.5. The highest BCUT2D eigenvalue weighted by Gasteiger charge is 2.30. The van der Waals surface area contributed by atoms with Crippen molar-refractivity contribution in [3.05, 3.63) is 71.5 Å². The van der Waals surface area contributed by atoms with Crippen LogP contribution in [0.4, 0.5) is 4.79 Å². The first kappa shape index (κ1) is 21.0. The number of H-pyrrole nitrogens is 1. The number of hydrogen-bond acceptors (Lipinski definition) is 6. The van der Waals surface area contributed by atoms with Crippen molar-refractivity contribution in [2.75, 3.05) is 6.61 Å². The minimum Gasteiger partial charge on any atom is -0.481 e. The standard InChI is InChI=1S/C22H21N5O5/c28-20(29)9-19(21(30)23-10-13-11-24-27-26-13)25-22(31)32-12-18-16-7-3-1-5-14(16)15-6-2-4-8-17(15)18/h1-8,11,18-19H,9-10,12H2,(H,23,30)(H,25,31)(H,28,29)(H,24,26,27). The quantitative estimate of drug-likeness (QED) is 0.422. The summed E-state index contributed by atoms with van der Waals surface area (Å²) in [7, 11) is 0. The Morgan fingerprint density at radius 2 is 1.72 bits per heavy atom. The Balaban J connectivity index is 1.39. The van der Waals surface area contributed by atoms with Gasteiger partial charge in [0, 0.05) is 5.92 Å². The van der Waals surface area contributed by atoms with Crippen molar-refractivity contribution in [2.45, 2.75) is 24.9 Å². The fourth-order valence-corrected chi connectivity index (χ4v) is 3.78. The van der Waals surface area contributed by atoms with E-state index in [0.717, 1.165) is 22.3 Å². The average molecular weight is 435 g/mol. The first-order valence-electron chi connectivity index (χ1n) is 9.98. The Hall–Kier alpha value is -4.21. The zero-order valence-electron chi connectivity index (χ0n) is 16.9. The first-order chi connectivity index (χ1) is 15.5. The molecule has 1 atom stereocenters. The number of carboxylic acid groups (broad SMARTS) is 1. The van der Waals surface area contributed by atoms with E-state index in [2.05, 4.69) is 26.0 Å². The summed E-state index contributed by atoms with van der Waals surface area (Å²) in [5, 5.41) is 23.8. The number of fused-ring (bicyclic) bond motifs is 3. The molecule has 0 aliphatic heterocycles. The Kier molecular flexibility index (Phi) is 6.11. The highest BCUT2D eigenvalue weighted by atomic mass is 16.5. The molecule has 4 N–H and O–H groups in total. The van der Waals surface area contributed by atoms with Crippen molar-refractivity contribution < 1.29 is 24.2 Å². The van der Waals surface area contributed by atoms with Crippen molar-refractivity contribution in [3.8, 4) is 11.1 Å². The second-order valence-electron chi connectivity index (χ2n) is 7.30. The van der Waals surface area contributed by atoms with Gasteiger partial charge in [-0.2, -0.15) is 15.4 Å². The summed E-state index contributed by atoms with van der Waals surface area (Å²) in [5.74, 6) is -2.04. The van der Waals surface area contributed by atoms with Gasteiger partial charge in [0.2, 0.25) is 5.91 Å². The summed E-state index contributed by atoms with van der Waals surface area (Å²) in [5.41, 5.74) is 4.75. The third kappa shape index (κ3) is 4.59. The van der Waals surface area contributed by atoms with Crippen LogP contribution in [0.25, 0.3) is 11.1 Å². The fraction of sp³-hybridized carbons (Fsp3) is 0.227. The van der Waals surface area contributed by atoms with Gasteiger partial charge in [0.05, 0.1) is 19.2 Å². The van der Waals surface area contributed by atoms with Crippen LogP contribution in [0.3, 0.4) is 0 Å². The summed E-state index contributed by atoms with van der Waals surface area (Å²) in [6.45, 7) is 0.0953. The predicted octanol–water partition coefficient (Wildman–Crippen LogP) is 1.80. The highest BCUT2D eigenvalue weighted by Crippen LogP contribution is 2.44. The number of benzene rings is 2. The monoisotopic (exact) mass is 435 g/mol. The Labute approximate surface area is 183 Å². The van der Waals surface area contributed by atoms with Crippen LogP contribution in [0.15, 0.2) is 54.7 Å². The molecule has 1 unspecified atom stereocenters. The molecule has 0 fully saturated rings. The number of aromatic amines is 1. The average Bonchev–Trinajstić information content (AvgIpc) is 3.41. The lowest BCUT2D eigenvalue weighted by Crippen LogP contribution is -2.48. The maximum atomic E-state index is 12.4. The molecule has 0 radical (unpaired) electrons. The summed E-state index contributed by atoms with van der Waals surface area (Å²) < 4.78 is 5.40. The summed E-state index contributed by atoms with van der Waals surface area (Å²) in [6.07, 6.45) is -0.0324. The molecule has 10 heteroatoms. The van der Waals surface area contributed by atoms with Crippen LogP contribution in [0.5, 0.6) is 0 Å². The SMILES string of the molecule is O=C(O)CC(NC(=O)OCC1c2ccccc2-c2ccccc21)C(=O)NCc1cn[nH]n1. The molecular weight excluding hydrogens is 414 g/mol. The van der Waals surface area contributed by atoms with Crippen LogP contribution >= 0.6 is 0 Å². The number of aromatic nitrogens is 3. The van der Waals surface area contributed by atoms with Crippen LogP contribution in [0.2, 0.25) is 0 Å². The molecular formula is C22H21N5O5. The smallest absolute Gasteiger partial charge is 0.407 e. The Morgan fingerprint density at radius 1 is 1.06 bits per heavy atom. The maximum absolute atomic E-state index is 12.4. The van der Waals surface area contributed by atoms with Gasteiger partial charge in [-0.05, 0) is 22.3 Å². The van der Waals surface area contributed by atoms with E-state index in [1.165, 1.54) is 6.20 Å². The highest BCUT2D eigenvalue weighted by molar-refractivity contribution is 5.89. The van der Waals surface area contributed by atoms with Gasteiger partial charge in [-0.1, -0.05) is 48.5 Å². The molecule has 1 aliphatic carbocycles. The number of amides is 2. The van der Waals surface area contributed by atoms with E-state index in [1.807, 2.05) is 48.5 Å². The molecule has 32 heavy (non-hydrogen) atoms. The summed E-state index contributed by atoms with van der Waals surface area (Å²) in [6, 6.07) is 14.5. The number of alkyl carbamates (subject to hydrolysis) is 1. The molecule has 164 valence electrons. The van der Waals surface area contributed by atoms with Crippen molar-refractivity contribution in [3.63, 3.8) is 0 Å². The number of rotatable bonds is 8. The van der Waals surface area contributed by atoms with Crippen LogP contribution in [-0.4, -0.2) is 51.1 Å². The third-order valence-electron chi connectivity index (χ3n) is 5.24. The van der Waals surface area contributed by atoms with Gasteiger partial charge in [-0.25, -0.2) is 4.79 Å². The normalized spacial score (nSPS) is 13.0. The van der Waals surface area contributed by atoms with Crippen molar-refractivity contribution in [1.29, 1.82) is 0 Å². The van der Waals surface area contributed by atoms with Crippen molar-refractivity contribution in [2.24, 2.45) is 0 Å². The van der Waals surface area contributed by atoms with Gasteiger partial charge in [0.1, 0.15) is 18.3 Å². The largest absolute Gasteiger partial charge is 0.481 e. The van der Waals surface area contributed by atoms with Gasteiger partial charge in [-0.15, -0.1) is 0 Å². The number of nitrogens with zero attached hydrogens (tertiary/aromatic N) is 2. The number of nitrogens with one attached hydrogen (secondary N) is 3. The van der Waals surface area contributed by atoms with E-state index in [4.69, 9.17) is 9.84 Å². The molecule has 10 nitrogen and oxygen atoms in total. The molecule has 2 aromatic carbocycles. The molecule has 1 aromatic heterocycles. The molecule has 0 bridgehead atoms. The molecule has 3 aromatic rings. The fourth-order valence-electron chi connectivity index (χ4n) is 3.78. The lowest BCUT2D eigenvalue weighted by Gasteiger charge is -2.18. The lowest BCUT2D eigenvalue weighted by molar-refractivity contribution is -0.139. The summed E-state index contributed by atoms with van der Waals surface area (Å²) in [4.78, 5) is 36.0. The number of carboxylic acids is 1. The molecule has 1 heterocycles. The second-order valence-corrected chi connectivity index (χ2v) is 7.30. The maximum Gasteiger partial charge on any atom is 0.407 e. The van der Waals surface area contributed by atoms with E-state index >= 15 is 0 Å². The summed E-state index contributed by atoms with van der Waals surface area (Å²) >= 11 is 0. The topological polar surface area (TPSA) is 146 Å². The molecule has 4 rings (SSSR count). The zero-order valence-corrected chi connectivity index (χ0v) is 16.9. The molecule has 1 aliphatic rings. The van der Waals surface area contributed by atoms with Crippen LogP contribution in [0, 0.1) is 0 Å². The predicted molar refractivity (Wildman–Crippen MR) is 112 cm³/mol. The van der Waals surface area contributed by atoms with Crippen molar-refractivity contribution >= 4 is 18.0 Å². The minimum absolute atomic E-state index is 0.0395. The molecule has 0 spiro atoms. The van der Waals surface area contributed by atoms with E-state index in [-0.39, 0.29) is 19.1 Å². The molecule has 0 saturated heterocycles. The minimum atomic E-state index is -1.30.